The summed E-state index contributed by atoms with van der Waals surface area (Å²) in [6, 6.07) is 20.7. The Hall–Kier alpha value is -2.95. The molecule has 1 amide bonds. The fourth-order valence-corrected chi connectivity index (χ4v) is 4.20. The molecule has 5 rings (SSSR count). The molecule has 1 saturated carbocycles. The number of hydrogen-bond donors (Lipinski definition) is 0. The maximum Gasteiger partial charge on any atom is 0.226 e. The molecule has 0 spiro atoms. The lowest BCUT2D eigenvalue weighted by atomic mass is 10.1. The van der Waals surface area contributed by atoms with Crippen molar-refractivity contribution in [2.45, 2.75) is 31.7 Å². The zero-order chi connectivity index (χ0) is 18.9. The maximum absolute atomic E-state index is 13.0. The molecule has 5 heteroatoms. The van der Waals surface area contributed by atoms with Crippen LogP contribution in [0.3, 0.4) is 0 Å². The van der Waals surface area contributed by atoms with Gasteiger partial charge in [0.1, 0.15) is 5.82 Å². The molecule has 0 bridgehead atoms. The van der Waals surface area contributed by atoms with Gasteiger partial charge in [-0.1, -0.05) is 60.7 Å². The van der Waals surface area contributed by atoms with Gasteiger partial charge in [-0.3, -0.25) is 4.79 Å². The van der Waals surface area contributed by atoms with E-state index in [4.69, 9.17) is 10.1 Å². The van der Waals surface area contributed by atoms with E-state index in [0.717, 1.165) is 50.5 Å². The van der Waals surface area contributed by atoms with Gasteiger partial charge in [0.25, 0.3) is 0 Å². The lowest BCUT2D eigenvalue weighted by molar-refractivity contribution is -0.132. The smallest absolute Gasteiger partial charge is 0.226 e. The van der Waals surface area contributed by atoms with Crippen LogP contribution in [0, 0.1) is 5.92 Å². The summed E-state index contributed by atoms with van der Waals surface area (Å²) in [7, 11) is 0. The summed E-state index contributed by atoms with van der Waals surface area (Å²) in [6.45, 7) is 2.18. The Bertz CT molecular complexity index is 941. The van der Waals surface area contributed by atoms with Crippen LogP contribution in [0.5, 0.6) is 0 Å². The van der Waals surface area contributed by atoms with Crippen molar-refractivity contribution in [2.24, 2.45) is 5.92 Å². The number of hydrogen-bond acceptors (Lipinski definition) is 3. The molecule has 3 aromatic rings. The number of amides is 1. The molecule has 142 valence electrons. The first-order valence-corrected chi connectivity index (χ1v) is 10.1. The second kappa shape index (κ2) is 7.23. The Labute approximate surface area is 165 Å². The predicted octanol–water partition coefficient (Wildman–Crippen LogP) is 3.06. The van der Waals surface area contributed by atoms with Gasteiger partial charge in [0.05, 0.1) is 6.54 Å². The molecule has 5 nitrogen and oxygen atoms in total. The van der Waals surface area contributed by atoms with Crippen LogP contribution in [0.1, 0.15) is 35.1 Å². The molecule has 2 aromatic carbocycles. The molecule has 2 aliphatic rings. The van der Waals surface area contributed by atoms with Gasteiger partial charge in [-0.25, -0.2) is 9.67 Å². The van der Waals surface area contributed by atoms with E-state index in [1.54, 1.807) is 0 Å². The number of rotatable bonds is 4. The van der Waals surface area contributed by atoms with Gasteiger partial charge in [0, 0.05) is 31.8 Å². The number of carbonyl (C=O) groups is 1. The van der Waals surface area contributed by atoms with Crippen molar-refractivity contribution in [3.05, 3.63) is 83.4 Å². The number of benzene rings is 2. The molecule has 28 heavy (non-hydrogen) atoms. The van der Waals surface area contributed by atoms with Crippen molar-refractivity contribution < 1.29 is 4.79 Å². The van der Waals surface area contributed by atoms with E-state index < -0.39 is 0 Å². The minimum Gasteiger partial charge on any atom is -0.340 e. The molecule has 1 aliphatic carbocycles. The Morgan fingerprint density at radius 3 is 2.50 bits per heavy atom. The third-order valence-corrected chi connectivity index (χ3v) is 5.83. The number of fused-ring (bicyclic) bond motifs is 1. The fraction of sp³-hybridized carbons (Fsp3) is 0.348. The van der Waals surface area contributed by atoms with Crippen LogP contribution in [-0.4, -0.2) is 38.7 Å². The largest absolute Gasteiger partial charge is 0.340 e. The minimum absolute atomic E-state index is 0.148. The Morgan fingerprint density at radius 1 is 0.964 bits per heavy atom. The summed E-state index contributed by atoms with van der Waals surface area (Å²) in [5.74, 6) is 2.70. The molecule has 2 atom stereocenters. The highest BCUT2D eigenvalue weighted by Gasteiger charge is 2.45. The summed E-state index contributed by atoms with van der Waals surface area (Å²) in [5, 5.41) is 4.69. The van der Waals surface area contributed by atoms with E-state index >= 15 is 0 Å². The monoisotopic (exact) mass is 372 g/mol. The molecule has 0 saturated heterocycles. The summed E-state index contributed by atoms with van der Waals surface area (Å²) in [5.41, 5.74) is 2.51. The maximum atomic E-state index is 13.0. The SMILES string of the molecule is O=C([C@@H]1C[C@H]1c1ccccc1)N1CCc2nc(Cc3ccccc3)nn2CC1. The van der Waals surface area contributed by atoms with Gasteiger partial charge >= 0.3 is 0 Å². The Morgan fingerprint density at radius 2 is 1.71 bits per heavy atom. The van der Waals surface area contributed by atoms with Crippen LogP contribution in [0.2, 0.25) is 0 Å². The molecule has 1 fully saturated rings. The van der Waals surface area contributed by atoms with Crippen LogP contribution >= 0.6 is 0 Å². The Balaban J connectivity index is 1.21. The van der Waals surface area contributed by atoms with Crippen LogP contribution in [0.4, 0.5) is 0 Å². The Kier molecular flexibility index (Phi) is 4.43. The van der Waals surface area contributed by atoms with Crippen molar-refractivity contribution in [3.63, 3.8) is 0 Å². The standard InChI is InChI=1S/C23H24N4O/c28-23(20-16-19(20)18-9-5-2-6-10-18)26-12-11-22-24-21(25-27(22)14-13-26)15-17-7-3-1-4-8-17/h1-10,19-20H,11-16H2/t19-,20+/m0/s1. The van der Waals surface area contributed by atoms with Gasteiger partial charge in [0.15, 0.2) is 5.82 Å². The molecule has 1 aliphatic heterocycles. The fourth-order valence-electron chi connectivity index (χ4n) is 4.20. The van der Waals surface area contributed by atoms with Crippen LogP contribution in [-0.2, 0) is 24.2 Å². The number of aromatic nitrogens is 3. The van der Waals surface area contributed by atoms with Crippen molar-refractivity contribution in [1.82, 2.24) is 19.7 Å². The molecular weight excluding hydrogens is 348 g/mol. The van der Waals surface area contributed by atoms with Gasteiger partial charge in [-0.2, -0.15) is 5.10 Å². The van der Waals surface area contributed by atoms with E-state index in [9.17, 15) is 4.79 Å². The highest BCUT2D eigenvalue weighted by Crippen LogP contribution is 2.48. The van der Waals surface area contributed by atoms with Gasteiger partial charge in [-0.05, 0) is 23.5 Å². The van der Waals surface area contributed by atoms with E-state index in [1.807, 2.05) is 33.8 Å². The van der Waals surface area contributed by atoms with Crippen LogP contribution in [0.15, 0.2) is 60.7 Å². The zero-order valence-electron chi connectivity index (χ0n) is 15.9. The first-order valence-electron chi connectivity index (χ1n) is 10.1. The summed E-state index contributed by atoms with van der Waals surface area (Å²) in [4.78, 5) is 19.7. The molecule has 0 unspecified atom stereocenters. The number of carbonyl (C=O) groups excluding carboxylic acids is 1. The average molecular weight is 372 g/mol. The van der Waals surface area contributed by atoms with E-state index in [1.165, 1.54) is 11.1 Å². The van der Waals surface area contributed by atoms with E-state index in [0.29, 0.717) is 11.8 Å². The van der Waals surface area contributed by atoms with Gasteiger partial charge in [-0.15, -0.1) is 0 Å². The number of nitrogens with zero attached hydrogens (tertiary/aromatic N) is 4. The van der Waals surface area contributed by atoms with Crippen molar-refractivity contribution in [3.8, 4) is 0 Å². The lowest BCUT2D eigenvalue weighted by Crippen LogP contribution is -2.35. The first kappa shape index (κ1) is 17.2. The minimum atomic E-state index is 0.148. The second-order valence-electron chi connectivity index (χ2n) is 7.76. The van der Waals surface area contributed by atoms with Crippen LogP contribution in [0.25, 0.3) is 0 Å². The van der Waals surface area contributed by atoms with Gasteiger partial charge in [0.2, 0.25) is 5.91 Å². The van der Waals surface area contributed by atoms with E-state index in [2.05, 4.69) is 36.4 Å². The lowest BCUT2D eigenvalue weighted by Gasteiger charge is -2.20. The summed E-state index contributed by atoms with van der Waals surface area (Å²) in [6.07, 6.45) is 2.50. The molecule has 2 heterocycles. The molecule has 0 radical (unpaired) electrons. The second-order valence-corrected chi connectivity index (χ2v) is 7.76. The van der Waals surface area contributed by atoms with E-state index in [-0.39, 0.29) is 5.92 Å². The quantitative estimate of drug-likeness (QED) is 0.707. The van der Waals surface area contributed by atoms with Crippen molar-refractivity contribution in [2.75, 3.05) is 13.1 Å². The molecule has 0 N–H and O–H groups in total. The summed E-state index contributed by atoms with van der Waals surface area (Å²) < 4.78 is 1.99. The van der Waals surface area contributed by atoms with Crippen LogP contribution < -0.4 is 0 Å². The molecule has 1 aromatic heterocycles. The topological polar surface area (TPSA) is 51.0 Å². The van der Waals surface area contributed by atoms with Gasteiger partial charge < -0.3 is 4.90 Å². The third-order valence-electron chi connectivity index (χ3n) is 5.83. The zero-order valence-corrected chi connectivity index (χ0v) is 15.9. The predicted molar refractivity (Wildman–Crippen MR) is 107 cm³/mol. The third kappa shape index (κ3) is 3.44. The van der Waals surface area contributed by atoms with Crippen molar-refractivity contribution >= 4 is 5.91 Å². The molecular formula is C23H24N4O. The van der Waals surface area contributed by atoms with Crippen molar-refractivity contribution in [1.29, 1.82) is 0 Å². The summed E-state index contributed by atoms with van der Waals surface area (Å²) >= 11 is 0. The highest BCUT2D eigenvalue weighted by molar-refractivity contribution is 5.83. The first-order chi connectivity index (χ1) is 13.8. The normalized spacial score (nSPS) is 21.1. The highest BCUT2D eigenvalue weighted by atomic mass is 16.2. The average Bonchev–Trinajstić information content (AvgIpc) is 3.49.